The van der Waals surface area contributed by atoms with Crippen LogP contribution in [0, 0.1) is 5.92 Å². The van der Waals surface area contributed by atoms with Crippen molar-refractivity contribution < 1.29 is 0 Å². The van der Waals surface area contributed by atoms with Crippen LogP contribution in [0.5, 0.6) is 0 Å². The van der Waals surface area contributed by atoms with Gasteiger partial charge in [0.05, 0.1) is 0 Å². The molecule has 19 heavy (non-hydrogen) atoms. The summed E-state index contributed by atoms with van der Waals surface area (Å²) in [6.45, 7) is 2.12. The minimum Gasteiger partial charge on any atom is -0.378 e. The minimum absolute atomic E-state index is 0. The summed E-state index contributed by atoms with van der Waals surface area (Å²) in [5.74, 6) is 0.536. The first-order chi connectivity index (χ1) is 8.59. The van der Waals surface area contributed by atoms with E-state index in [0.717, 1.165) is 42.2 Å². The van der Waals surface area contributed by atoms with Gasteiger partial charge in [0.15, 0.2) is 0 Å². The van der Waals surface area contributed by atoms with E-state index < -0.39 is 0 Å². The SMILES string of the molecule is CN(C)c1ccc([C@H](N)C2CCNCC2)c(Cl)c1.Cl. The van der Waals surface area contributed by atoms with Gasteiger partial charge in [0.2, 0.25) is 0 Å². The average molecular weight is 304 g/mol. The summed E-state index contributed by atoms with van der Waals surface area (Å²) in [7, 11) is 4.02. The van der Waals surface area contributed by atoms with Gasteiger partial charge in [-0.3, -0.25) is 0 Å². The van der Waals surface area contributed by atoms with E-state index in [1.165, 1.54) is 0 Å². The molecule has 1 heterocycles. The molecule has 2 rings (SSSR count). The van der Waals surface area contributed by atoms with Crippen molar-refractivity contribution in [3.8, 4) is 0 Å². The lowest BCUT2D eigenvalue weighted by Gasteiger charge is -2.29. The Kier molecular flexibility index (Phi) is 6.40. The summed E-state index contributed by atoms with van der Waals surface area (Å²) in [4.78, 5) is 2.05. The predicted octanol–water partition coefficient (Wildman–Crippen LogP) is 2.83. The normalized spacial score (nSPS) is 17.7. The molecule has 0 spiro atoms. The molecule has 1 aromatic rings. The number of nitrogens with one attached hydrogen (secondary N) is 1. The molecule has 0 bridgehead atoms. The lowest BCUT2D eigenvalue weighted by atomic mass is 9.86. The molecule has 3 N–H and O–H groups in total. The zero-order chi connectivity index (χ0) is 13.1. The molecule has 1 saturated heterocycles. The first kappa shape index (κ1) is 16.6. The molecule has 108 valence electrons. The van der Waals surface area contributed by atoms with Crippen LogP contribution >= 0.6 is 24.0 Å². The molecule has 0 aliphatic carbocycles. The molecule has 0 radical (unpaired) electrons. The Labute approximate surface area is 126 Å². The maximum Gasteiger partial charge on any atom is 0.0474 e. The number of anilines is 1. The first-order valence-electron chi connectivity index (χ1n) is 6.52. The van der Waals surface area contributed by atoms with Gasteiger partial charge in [-0.2, -0.15) is 0 Å². The van der Waals surface area contributed by atoms with Crippen molar-refractivity contribution in [2.75, 3.05) is 32.1 Å². The Hall–Kier alpha value is -0.480. The highest BCUT2D eigenvalue weighted by molar-refractivity contribution is 6.31. The van der Waals surface area contributed by atoms with E-state index in [4.69, 9.17) is 17.3 Å². The number of piperidine rings is 1. The van der Waals surface area contributed by atoms with Gasteiger partial charge in [-0.15, -0.1) is 12.4 Å². The standard InChI is InChI=1S/C14H22ClN3.ClH/c1-18(2)11-3-4-12(13(15)9-11)14(16)10-5-7-17-8-6-10;/h3-4,9-10,14,17H,5-8,16H2,1-2H3;1H/t14-;/m1./s1. The molecular weight excluding hydrogens is 281 g/mol. The number of benzene rings is 1. The second-order valence-corrected chi connectivity index (χ2v) is 5.62. The Morgan fingerprint density at radius 1 is 1.32 bits per heavy atom. The van der Waals surface area contributed by atoms with Crippen molar-refractivity contribution in [3.63, 3.8) is 0 Å². The van der Waals surface area contributed by atoms with Gasteiger partial charge >= 0.3 is 0 Å². The molecule has 0 unspecified atom stereocenters. The minimum atomic E-state index is 0. The lowest BCUT2D eigenvalue weighted by molar-refractivity contribution is 0.322. The predicted molar refractivity (Wildman–Crippen MR) is 85.5 cm³/mol. The van der Waals surface area contributed by atoms with E-state index in [1.807, 2.05) is 25.1 Å². The quantitative estimate of drug-likeness (QED) is 0.902. The molecule has 1 fully saturated rings. The fourth-order valence-corrected chi connectivity index (χ4v) is 2.82. The molecular formula is C14H23Cl2N3. The Bertz CT molecular complexity index is 404. The largest absolute Gasteiger partial charge is 0.378 e. The van der Waals surface area contributed by atoms with Crippen LogP contribution in [0.3, 0.4) is 0 Å². The number of hydrogen-bond donors (Lipinski definition) is 2. The monoisotopic (exact) mass is 303 g/mol. The zero-order valence-corrected chi connectivity index (χ0v) is 13.1. The van der Waals surface area contributed by atoms with E-state index in [9.17, 15) is 0 Å². The van der Waals surface area contributed by atoms with Crippen molar-refractivity contribution in [3.05, 3.63) is 28.8 Å². The van der Waals surface area contributed by atoms with Crippen molar-refractivity contribution in [1.29, 1.82) is 0 Å². The number of nitrogens with zero attached hydrogens (tertiary/aromatic N) is 1. The van der Waals surface area contributed by atoms with Gasteiger partial charge < -0.3 is 16.0 Å². The van der Waals surface area contributed by atoms with Gasteiger partial charge in [0, 0.05) is 30.8 Å². The molecule has 0 saturated carbocycles. The van der Waals surface area contributed by atoms with Gasteiger partial charge in [-0.25, -0.2) is 0 Å². The molecule has 1 aliphatic heterocycles. The van der Waals surface area contributed by atoms with E-state index in [0.29, 0.717) is 5.92 Å². The molecule has 1 atom stereocenters. The Balaban J connectivity index is 0.00000180. The van der Waals surface area contributed by atoms with Crippen LogP contribution in [0.4, 0.5) is 5.69 Å². The summed E-state index contributed by atoms with van der Waals surface area (Å²) in [5.41, 5.74) is 8.56. The lowest BCUT2D eigenvalue weighted by Crippen LogP contribution is -2.33. The van der Waals surface area contributed by atoms with Crippen molar-refractivity contribution in [1.82, 2.24) is 5.32 Å². The molecule has 1 aliphatic rings. The van der Waals surface area contributed by atoms with Crippen LogP contribution in [0.2, 0.25) is 5.02 Å². The average Bonchev–Trinajstić information content (AvgIpc) is 2.38. The van der Waals surface area contributed by atoms with Gasteiger partial charge in [-0.1, -0.05) is 17.7 Å². The highest BCUT2D eigenvalue weighted by Crippen LogP contribution is 2.33. The van der Waals surface area contributed by atoms with Crippen LogP contribution in [0.15, 0.2) is 18.2 Å². The fraction of sp³-hybridized carbons (Fsp3) is 0.571. The highest BCUT2D eigenvalue weighted by atomic mass is 35.5. The molecule has 0 aromatic heterocycles. The highest BCUT2D eigenvalue weighted by Gasteiger charge is 2.23. The third-order valence-electron chi connectivity index (χ3n) is 3.75. The van der Waals surface area contributed by atoms with Gasteiger partial charge in [0.1, 0.15) is 0 Å². The number of halogens is 2. The van der Waals surface area contributed by atoms with Gasteiger partial charge in [-0.05, 0) is 49.5 Å². The van der Waals surface area contributed by atoms with E-state index >= 15 is 0 Å². The Morgan fingerprint density at radius 3 is 2.47 bits per heavy atom. The van der Waals surface area contributed by atoms with Crippen LogP contribution in [-0.4, -0.2) is 27.2 Å². The Morgan fingerprint density at radius 2 is 1.95 bits per heavy atom. The maximum absolute atomic E-state index is 6.37. The number of rotatable bonds is 3. The molecule has 1 aromatic carbocycles. The third-order valence-corrected chi connectivity index (χ3v) is 4.08. The smallest absolute Gasteiger partial charge is 0.0474 e. The maximum atomic E-state index is 6.37. The van der Waals surface area contributed by atoms with E-state index in [1.54, 1.807) is 0 Å². The molecule has 0 amide bonds. The van der Waals surface area contributed by atoms with Crippen molar-refractivity contribution >= 4 is 29.7 Å². The molecule has 3 nitrogen and oxygen atoms in total. The van der Waals surface area contributed by atoms with Crippen LogP contribution in [0.25, 0.3) is 0 Å². The second kappa shape index (κ2) is 7.34. The number of hydrogen-bond acceptors (Lipinski definition) is 3. The second-order valence-electron chi connectivity index (χ2n) is 5.21. The van der Waals surface area contributed by atoms with Crippen molar-refractivity contribution in [2.45, 2.75) is 18.9 Å². The first-order valence-corrected chi connectivity index (χ1v) is 6.90. The summed E-state index contributed by atoms with van der Waals surface area (Å²) in [6.07, 6.45) is 2.26. The summed E-state index contributed by atoms with van der Waals surface area (Å²) in [6, 6.07) is 6.21. The summed E-state index contributed by atoms with van der Waals surface area (Å²) in [5, 5.41) is 4.15. The van der Waals surface area contributed by atoms with Crippen LogP contribution in [-0.2, 0) is 0 Å². The zero-order valence-electron chi connectivity index (χ0n) is 11.5. The summed E-state index contributed by atoms with van der Waals surface area (Å²) >= 11 is 6.37. The van der Waals surface area contributed by atoms with Crippen LogP contribution in [0.1, 0.15) is 24.4 Å². The van der Waals surface area contributed by atoms with E-state index in [2.05, 4.69) is 17.4 Å². The molecule has 5 heteroatoms. The van der Waals surface area contributed by atoms with Gasteiger partial charge in [0.25, 0.3) is 0 Å². The van der Waals surface area contributed by atoms with E-state index in [-0.39, 0.29) is 18.4 Å². The topological polar surface area (TPSA) is 41.3 Å². The fourth-order valence-electron chi connectivity index (χ4n) is 2.52. The third kappa shape index (κ3) is 3.99. The number of nitrogens with two attached hydrogens (primary N) is 1. The summed E-state index contributed by atoms with van der Waals surface area (Å²) < 4.78 is 0. The van der Waals surface area contributed by atoms with Crippen molar-refractivity contribution in [2.24, 2.45) is 11.7 Å². The van der Waals surface area contributed by atoms with Crippen LogP contribution < -0.4 is 16.0 Å².